The van der Waals surface area contributed by atoms with E-state index in [1.54, 1.807) is 0 Å². The molecule has 0 aliphatic rings. The maximum atomic E-state index is 11.3. The molecule has 132 valence electrons. The van der Waals surface area contributed by atoms with Gasteiger partial charge in [0.15, 0.2) is 0 Å². The van der Waals surface area contributed by atoms with Gasteiger partial charge in [-0.15, -0.1) is 0 Å². The van der Waals surface area contributed by atoms with Crippen LogP contribution in [0.3, 0.4) is 0 Å². The predicted molar refractivity (Wildman–Crippen MR) is 85.5 cm³/mol. The highest BCUT2D eigenvalue weighted by molar-refractivity contribution is 7.86. The van der Waals surface area contributed by atoms with Gasteiger partial charge in [-0.05, 0) is 42.5 Å². The van der Waals surface area contributed by atoms with Gasteiger partial charge >= 0.3 is 0 Å². The molecule has 0 amide bonds. The van der Waals surface area contributed by atoms with Crippen LogP contribution in [0.25, 0.3) is 0 Å². The van der Waals surface area contributed by atoms with E-state index in [9.17, 15) is 21.4 Å². The lowest BCUT2D eigenvalue weighted by atomic mass is 10.3. The zero-order valence-corrected chi connectivity index (χ0v) is 13.9. The lowest BCUT2D eigenvalue weighted by Gasteiger charge is -2.05. The van der Waals surface area contributed by atoms with E-state index in [-0.39, 0.29) is 22.0 Å². The number of nitrogens with zero attached hydrogens (tertiary/aromatic N) is 3. The quantitative estimate of drug-likeness (QED) is 0.335. The summed E-state index contributed by atoms with van der Waals surface area (Å²) in [6, 6.07) is 8.41. The van der Waals surface area contributed by atoms with Crippen LogP contribution >= 0.6 is 0 Å². The molecule has 0 aromatic heterocycles. The lowest BCUT2D eigenvalue weighted by molar-refractivity contribution is 0.481. The third kappa shape index (κ3) is 4.87. The molecule has 0 aliphatic heterocycles. The van der Waals surface area contributed by atoms with E-state index in [4.69, 9.17) is 10.1 Å². The molecule has 2 aromatic rings. The monoisotopic (exact) mass is 385 g/mol. The summed E-state index contributed by atoms with van der Waals surface area (Å²) in [4.78, 5) is -0.851. The van der Waals surface area contributed by atoms with E-state index in [1.807, 2.05) is 0 Å². The lowest BCUT2D eigenvalue weighted by Crippen LogP contribution is -2.02. The van der Waals surface area contributed by atoms with Crippen molar-refractivity contribution in [2.75, 3.05) is 5.43 Å². The molecule has 0 atom stereocenters. The van der Waals surface area contributed by atoms with E-state index < -0.39 is 25.1 Å². The first-order valence-corrected chi connectivity index (χ1v) is 9.22. The first-order chi connectivity index (χ1) is 11.6. The molecule has 0 aliphatic carbocycles. The van der Waals surface area contributed by atoms with Gasteiger partial charge in [0.05, 0.1) is 22.0 Å². The Labute approximate surface area is 142 Å². The molecule has 0 bridgehead atoms. The van der Waals surface area contributed by atoms with E-state index in [1.165, 1.54) is 24.3 Å². The second-order valence-corrected chi connectivity index (χ2v) is 7.36. The fraction of sp³-hybridized carbons (Fsp3) is 0. The van der Waals surface area contributed by atoms with Crippen molar-refractivity contribution in [3.8, 4) is 0 Å². The summed E-state index contributed by atoms with van der Waals surface area (Å²) in [7, 11) is -8.90. The molecule has 0 heterocycles. The maximum Gasteiger partial charge on any atom is 0.296 e. The van der Waals surface area contributed by atoms with Crippen molar-refractivity contribution >= 4 is 37.3 Å². The topological polar surface area (TPSA) is 182 Å². The number of rotatable bonds is 6. The highest BCUT2D eigenvalue weighted by Gasteiger charge is 2.16. The third-order valence-corrected chi connectivity index (χ3v) is 4.60. The minimum Gasteiger partial charge on any atom is -0.282 e. The van der Waals surface area contributed by atoms with Crippen molar-refractivity contribution in [3.63, 3.8) is 0 Å². The first-order valence-electron chi connectivity index (χ1n) is 6.34. The van der Waals surface area contributed by atoms with Crippen LogP contribution in [0.5, 0.6) is 0 Å². The molecule has 11 nitrogen and oxygen atoms in total. The summed E-state index contributed by atoms with van der Waals surface area (Å²) >= 11 is 0. The number of anilines is 1. The van der Waals surface area contributed by atoms with Crippen molar-refractivity contribution < 1.29 is 25.9 Å². The van der Waals surface area contributed by atoms with Gasteiger partial charge in [0.2, 0.25) is 0 Å². The smallest absolute Gasteiger partial charge is 0.282 e. The Morgan fingerprint density at radius 3 is 1.92 bits per heavy atom. The summed E-state index contributed by atoms with van der Waals surface area (Å²) in [6.07, 6.45) is 0. The number of hydrogen-bond acceptors (Lipinski definition) is 8. The minimum absolute atomic E-state index is 0.0713. The molecular weight excluding hydrogens is 374 g/mol. The largest absolute Gasteiger partial charge is 0.296 e. The van der Waals surface area contributed by atoms with E-state index in [0.29, 0.717) is 0 Å². The van der Waals surface area contributed by atoms with E-state index in [0.717, 1.165) is 18.2 Å². The fourth-order valence-corrected chi connectivity index (χ4v) is 2.88. The molecule has 0 spiro atoms. The number of azo groups is 1. The Bertz CT molecular complexity index is 1030. The van der Waals surface area contributed by atoms with Crippen molar-refractivity contribution in [2.24, 2.45) is 15.5 Å². The van der Waals surface area contributed by atoms with Gasteiger partial charge < -0.3 is 0 Å². The fourth-order valence-electron chi connectivity index (χ4n) is 1.74. The second-order valence-electron chi connectivity index (χ2n) is 4.55. The normalized spacial score (nSPS) is 12.2. The van der Waals surface area contributed by atoms with Crippen LogP contribution in [0.4, 0.5) is 17.1 Å². The SMILES string of the molecule is N=NNc1ccc(N=Nc2ccc(S(=O)(=O)O)cc2)cc1S(=O)(=O)O. The first kappa shape index (κ1) is 18.6. The van der Waals surface area contributed by atoms with E-state index in [2.05, 4.69) is 20.9 Å². The highest BCUT2D eigenvalue weighted by atomic mass is 32.2. The van der Waals surface area contributed by atoms with Crippen LogP contribution in [0.1, 0.15) is 0 Å². The molecule has 0 saturated carbocycles. The predicted octanol–water partition coefficient (Wildman–Crippen LogP) is 2.95. The van der Waals surface area contributed by atoms with Gasteiger partial charge in [0, 0.05) is 0 Å². The number of nitrogens with one attached hydrogen (secondary N) is 2. The van der Waals surface area contributed by atoms with Crippen LogP contribution in [0.2, 0.25) is 0 Å². The summed E-state index contributed by atoms with van der Waals surface area (Å²) < 4.78 is 62.6. The Morgan fingerprint density at radius 2 is 1.40 bits per heavy atom. The zero-order valence-electron chi connectivity index (χ0n) is 12.2. The van der Waals surface area contributed by atoms with Gasteiger partial charge in [0.1, 0.15) is 4.90 Å². The van der Waals surface area contributed by atoms with Gasteiger partial charge in [-0.1, -0.05) is 5.22 Å². The molecule has 25 heavy (non-hydrogen) atoms. The Morgan fingerprint density at radius 1 is 0.840 bits per heavy atom. The standard InChI is InChI=1S/C12H11N5O6S2/c13-17-16-11-6-3-9(7-12(11)25(21,22)23)15-14-8-1-4-10(5-2-8)24(18,19)20/h1-7H,(H2,13,16)(H,18,19,20)(H,21,22,23). The molecule has 4 N–H and O–H groups in total. The van der Waals surface area contributed by atoms with Crippen molar-refractivity contribution in [2.45, 2.75) is 9.79 Å². The van der Waals surface area contributed by atoms with Crippen LogP contribution in [0.15, 0.2) is 67.7 Å². The van der Waals surface area contributed by atoms with Crippen molar-refractivity contribution in [1.82, 2.24) is 0 Å². The Balaban J connectivity index is 2.34. The second kappa shape index (κ2) is 7.02. The van der Waals surface area contributed by atoms with Gasteiger partial charge in [-0.2, -0.15) is 32.6 Å². The highest BCUT2D eigenvalue weighted by Crippen LogP contribution is 2.28. The average Bonchev–Trinajstić information content (AvgIpc) is 2.52. The number of hydrogen-bond donors (Lipinski definition) is 4. The molecule has 13 heteroatoms. The summed E-state index contributed by atoms with van der Waals surface area (Å²) in [6.45, 7) is 0. The van der Waals surface area contributed by atoms with Crippen molar-refractivity contribution in [1.29, 1.82) is 5.53 Å². The summed E-state index contributed by atoms with van der Waals surface area (Å²) in [5, 5.41) is 10.4. The van der Waals surface area contributed by atoms with Crippen LogP contribution in [-0.4, -0.2) is 25.9 Å². The molecule has 0 saturated heterocycles. The van der Waals surface area contributed by atoms with Gasteiger partial charge in [-0.25, -0.2) is 0 Å². The molecule has 2 rings (SSSR count). The Hall–Kier alpha value is -2.74. The molecular formula is C12H11N5O6S2. The Kier molecular flexibility index (Phi) is 5.22. The van der Waals surface area contributed by atoms with Gasteiger partial charge in [-0.3, -0.25) is 14.5 Å². The minimum atomic E-state index is -4.59. The van der Waals surface area contributed by atoms with Gasteiger partial charge in [0.25, 0.3) is 20.2 Å². The van der Waals surface area contributed by atoms with Crippen LogP contribution in [0, 0.1) is 5.53 Å². The molecule has 0 fully saturated rings. The molecule has 0 unspecified atom stereocenters. The summed E-state index contributed by atoms with van der Waals surface area (Å²) in [5.41, 5.74) is 8.98. The maximum absolute atomic E-state index is 11.3. The van der Waals surface area contributed by atoms with Crippen LogP contribution in [-0.2, 0) is 20.2 Å². The molecule has 0 radical (unpaired) electrons. The zero-order chi connectivity index (χ0) is 18.7. The summed E-state index contributed by atoms with van der Waals surface area (Å²) in [5.74, 6) is 0. The van der Waals surface area contributed by atoms with E-state index >= 15 is 0 Å². The number of benzene rings is 2. The van der Waals surface area contributed by atoms with Crippen molar-refractivity contribution in [3.05, 3.63) is 42.5 Å². The third-order valence-electron chi connectivity index (χ3n) is 2.83. The average molecular weight is 385 g/mol. The van der Waals surface area contributed by atoms with Crippen LogP contribution < -0.4 is 5.43 Å². The molecule has 2 aromatic carbocycles.